The van der Waals surface area contributed by atoms with Gasteiger partial charge in [-0.2, -0.15) is 4.98 Å². The van der Waals surface area contributed by atoms with Gasteiger partial charge in [0, 0.05) is 24.8 Å². The number of β-amino-alcohol motifs (C(OH)–C–C–N with tert-alkyl or cyclic N) is 1. The minimum atomic E-state index is -0.647. The first-order valence-electron chi connectivity index (χ1n) is 5.79. The summed E-state index contributed by atoms with van der Waals surface area (Å²) in [5.41, 5.74) is 2.78. The number of rotatable bonds is 2. The first kappa shape index (κ1) is 12.1. The molecule has 17 heavy (non-hydrogen) atoms. The molecule has 1 aromatic rings. The van der Waals surface area contributed by atoms with Crippen molar-refractivity contribution in [1.29, 1.82) is 0 Å². The van der Waals surface area contributed by atoms with Gasteiger partial charge < -0.3 is 10.0 Å². The minimum absolute atomic E-state index is 0.399. The van der Waals surface area contributed by atoms with E-state index in [9.17, 15) is 5.11 Å². The standard InChI is InChI=1S/C11H19N5O/c1-8-6-13-10(15-12)14-9(8)16-5-3-4-11(2,17)7-16/h6,17H,3-5,7,12H2,1-2H3,(H,13,14,15). The van der Waals surface area contributed by atoms with E-state index in [1.807, 2.05) is 13.8 Å². The van der Waals surface area contributed by atoms with E-state index >= 15 is 0 Å². The molecule has 0 amide bonds. The lowest BCUT2D eigenvalue weighted by Gasteiger charge is -2.38. The zero-order chi connectivity index (χ0) is 12.5. The second kappa shape index (κ2) is 4.46. The van der Waals surface area contributed by atoms with Crippen molar-refractivity contribution < 1.29 is 5.11 Å². The SMILES string of the molecule is Cc1cnc(NN)nc1N1CCCC(C)(O)C1. The third-order valence-electron chi connectivity index (χ3n) is 3.05. The van der Waals surface area contributed by atoms with Crippen molar-refractivity contribution >= 4 is 11.8 Å². The van der Waals surface area contributed by atoms with Gasteiger partial charge in [0.05, 0.1) is 5.60 Å². The van der Waals surface area contributed by atoms with Crippen LogP contribution in [0.5, 0.6) is 0 Å². The lowest BCUT2D eigenvalue weighted by atomic mass is 9.95. The largest absolute Gasteiger partial charge is 0.388 e. The Morgan fingerprint density at radius 3 is 3.00 bits per heavy atom. The Hall–Kier alpha value is -1.40. The predicted octanol–water partition coefficient (Wildman–Crippen LogP) is 0.422. The highest BCUT2D eigenvalue weighted by Crippen LogP contribution is 2.26. The van der Waals surface area contributed by atoms with Crippen LogP contribution in [-0.2, 0) is 0 Å². The highest BCUT2D eigenvalue weighted by molar-refractivity contribution is 5.49. The van der Waals surface area contributed by atoms with Crippen molar-refractivity contribution in [2.45, 2.75) is 32.3 Å². The summed E-state index contributed by atoms with van der Waals surface area (Å²) in [5, 5.41) is 10.1. The first-order valence-corrected chi connectivity index (χ1v) is 5.79. The van der Waals surface area contributed by atoms with Crippen LogP contribution in [0.1, 0.15) is 25.3 Å². The van der Waals surface area contributed by atoms with Crippen LogP contribution in [0.3, 0.4) is 0 Å². The van der Waals surface area contributed by atoms with Crippen LogP contribution in [0.25, 0.3) is 0 Å². The Kier molecular flexibility index (Phi) is 3.17. The fraction of sp³-hybridized carbons (Fsp3) is 0.636. The molecule has 2 heterocycles. The minimum Gasteiger partial charge on any atom is -0.388 e. The number of aromatic nitrogens is 2. The molecular formula is C11H19N5O. The molecular weight excluding hydrogens is 218 g/mol. The Labute approximate surface area is 101 Å². The summed E-state index contributed by atoms with van der Waals surface area (Å²) in [6.07, 6.45) is 3.53. The van der Waals surface area contributed by atoms with Crippen LogP contribution in [0.15, 0.2) is 6.20 Å². The first-order chi connectivity index (χ1) is 8.02. The van der Waals surface area contributed by atoms with E-state index < -0.39 is 5.60 Å². The van der Waals surface area contributed by atoms with Crippen molar-refractivity contribution in [2.75, 3.05) is 23.4 Å². The average Bonchev–Trinajstić information content (AvgIpc) is 2.28. The van der Waals surface area contributed by atoms with Crippen LogP contribution in [-0.4, -0.2) is 33.8 Å². The molecule has 0 spiro atoms. The summed E-state index contributed by atoms with van der Waals surface area (Å²) < 4.78 is 0. The van der Waals surface area contributed by atoms with Gasteiger partial charge in [-0.25, -0.2) is 10.8 Å². The van der Waals surface area contributed by atoms with E-state index in [2.05, 4.69) is 20.3 Å². The molecule has 0 aromatic carbocycles. The molecule has 94 valence electrons. The number of hydrogen-bond donors (Lipinski definition) is 3. The highest BCUT2D eigenvalue weighted by atomic mass is 16.3. The van der Waals surface area contributed by atoms with Crippen molar-refractivity contribution in [3.8, 4) is 0 Å². The lowest BCUT2D eigenvalue weighted by Crippen LogP contribution is -2.46. The van der Waals surface area contributed by atoms with Crippen molar-refractivity contribution in [1.82, 2.24) is 9.97 Å². The molecule has 1 saturated heterocycles. The Morgan fingerprint density at radius 2 is 2.35 bits per heavy atom. The monoisotopic (exact) mass is 237 g/mol. The molecule has 1 aliphatic heterocycles. The molecule has 1 aromatic heterocycles. The van der Waals surface area contributed by atoms with Gasteiger partial charge in [-0.05, 0) is 26.7 Å². The van der Waals surface area contributed by atoms with Crippen molar-refractivity contribution in [2.24, 2.45) is 5.84 Å². The molecule has 1 fully saturated rings. The number of aliphatic hydroxyl groups is 1. The number of nitrogen functional groups attached to an aromatic ring is 1. The molecule has 0 bridgehead atoms. The number of piperidine rings is 1. The zero-order valence-electron chi connectivity index (χ0n) is 10.3. The zero-order valence-corrected chi connectivity index (χ0v) is 10.3. The van der Waals surface area contributed by atoms with E-state index in [0.717, 1.165) is 30.8 Å². The van der Waals surface area contributed by atoms with Gasteiger partial charge in [-0.15, -0.1) is 0 Å². The summed E-state index contributed by atoms with van der Waals surface area (Å²) in [6.45, 7) is 5.31. The molecule has 0 radical (unpaired) electrons. The molecule has 4 N–H and O–H groups in total. The average molecular weight is 237 g/mol. The van der Waals surface area contributed by atoms with E-state index in [1.54, 1.807) is 6.20 Å². The van der Waals surface area contributed by atoms with Crippen LogP contribution in [0, 0.1) is 6.92 Å². The molecule has 2 rings (SSSR count). The summed E-state index contributed by atoms with van der Waals surface area (Å²) in [6, 6.07) is 0. The predicted molar refractivity (Wildman–Crippen MR) is 66.6 cm³/mol. The number of hydrogen-bond acceptors (Lipinski definition) is 6. The third kappa shape index (κ3) is 2.65. The summed E-state index contributed by atoms with van der Waals surface area (Å²) >= 11 is 0. The number of nitrogens with two attached hydrogens (primary N) is 1. The topological polar surface area (TPSA) is 87.3 Å². The molecule has 6 heteroatoms. The Balaban J connectivity index is 2.26. The maximum Gasteiger partial charge on any atom is 0.239 e. The van der Waals surface area contributed by atoms with Crippen LogP contribution >= 0.6 is 0 Å². The number of hydrazine groups is 1. The number of anilines is 2. The van der Waals surface area contributed by atoms with Gasteiger partial charge in [-0.1, -0.05) is 0 Å². The molecule has 0 aliphatic carbocycles. The van der Waals surface area contributed by atoms with Gasteiger partial charge in [0.1, 0.15) is 5.82 Å². The van der Waals surface area contributed by atoms with Crippen LogP contribution in [0.4, 0.5) is 11.8 Å². The summed E-state index contributed by atoms with van der Waals surface area (Å²) in [4.78, 5) is 10.5. The molecule has 0 saturated carbocycles. The Morgan fingerprint density at radius 1 is 1.59 bits per heavy atom. The van der Waals surface area contributed by atoms with Gasteiger partial charge in [-0.3, -0.25) is 5.43 Å². The number of aryl methyl sites for hydroxylation is 1. The maximum absolute atomic E-state index is 10.1. The van der Waals surface area contributed by atoms with Gasteiger partial charge >= 0.3 is 0 Å². The fourth-order valence-electron chi connectivity index (χ4n) is 2.22. The third-order valence-corrected chi connectivity index (χ3v) is 3.05. The smallest absolute Gasteiger partial charge is 0.239 e. The molecule has 1 unspecified atom stereocenters. The van der Waals surface area contributed by atoms with E-state index in [0.29, 0.717) is 12.5 Å². The normalized spacial score (nSPS) is 24.8. The number of nitrogens with zero attached hydrogens (tertiary/aromatic N) is 3. The van der Waals surface area contributed by atoms with Crippen LogP contribution in [0.2, 0.25) is 0 Å². The lowest BCUT2D eigenvalue weighted by molar-refractivity contribution is 0.0447. The van der Waals surface area contributed by atoms with Gasteiger partial charge in [0.2, 0.25) is 5.95 Å². The van der Waals surface area contributed by atoms with E-state index in [-0.39, 0.29) is 0 Å². The quantitative estimate of drug-likeness (QED) is 0.510. The van der Waals surface area contributed by atoms with Gasteiger partial charge in [0.15, 0.2) is 0 Å². The second-order valence-corrected chi connectivity index (χ2v) is 4.87. The molecule has 1 atom stereocenters. The van der Waals surface area contributed by atoms with E-state index in [1.165, 1.54) is 0 Å². The fourth-order valence-corrected chi connectivity index (χ4v) is 2.22. The van der Waals surface area contributed by atoms with Gasteiger partial charge in [0.25, 0.3) is 0 Å². The van der Waals surface area contributed by atoms with E-state index in [4.69, 9.17) is 5.84 Å². The number of nitrogens with one attached hydrogen (secondary N) is 1. The van der Waals surface area contributed by atoms with Crippen LogP contribution < -0.4 is 16.2 Å². The van der Waals surface area contributed by atoms with Crippen molar-refractivity contribution in [3.05, 3.63) is 11.8 Å². The summed E-state index contributed by atoms with van der Waals surface area (Å²) in [7, 11) is 0. The molecule has 6 nitrogen and oxygen atoms in total. The maximum atomic E-state index is 10.1. The summed E-state index contributed by atoms with van der Waals surface area (Å²) in [5.74, 6) is 6.55. The second-order valence-electron chi connectivity index (χ2n) is 4.87. The van der Waals surface area contributed by atoms with Crippen molar-refractivity contribution in [3.63, 3.8) is 0 Å². The molecule has 1 aliphatic rings. The highest BCUT2D eigenvalue weighted by Gasteiger charge is 2.29. The Bertz CT molecular complexity index is 407.